The molecule has 2 fully saturated rings. The van der Waals surface area contributed by atoms with Gasteiger partial charge in [0.25, 0.3) is 0 Å². The minimum Gasteiger partial charge on any atom is -0.465 e. The summed E-state index contributed by atoms with van der Waals surface area (Å²) in [7, 11) is 0. The zero-order valence-electron chi connectivity index (χ0n) is 10.7. The lowest BCUT2D eigenvalue weighted by Gasteiger charge is -2.23. The first-order valence-electron chi connectivity index (χ1n) is 6.15. The molecule has 2 aliphatic rings. The van der Waals surface area contributed by atoms with Gasteiger partial charge in [0.2, 0.25) is 0 Å². The number of hydrogen-bond donors (Lipinski definition) is 0. The lowest BCUT2D eigenvalue weighted by molar-refractivity contribution is -0.152. The molecule has 3 nitrogen and oxygen atoms in total. The number of hydrogen-bond acceptors (Lipinski definition) is 3. The minimum absolute atomic E-state index is 0.0347. The molecule has 0 aromatic carbocycles. The summed E-state index contributed by atoms with van der Waals surface area (Å²) in [5.41, 5.74) is 0.135. The van der Waals surface area contributed by atoms with Crippen molar-refractivity contribution in [3.63, 3.8) is 0 Å². The van der Waals surface area contributed by atoms with Crippen molar-refractivity contribution in [1.82, 2.24) is 0 Å². The molecule has 3 atom stereocenters. The molecule has 0 aromatic rings. The van der Waals surface area contributed by atoms with Crippen molar-refractivity contribution in [2.45, 2.75) is 58.7 Å². The van der Waals surface area contributed by atoms with Crippen molar-refractivity contribution in [1.29, 1.82) is 0 Å². The van der Waals surface area contributed by atoms with E-state index in [2.05, 4.69) is 27.7 Å². The van der Waals surface area contributed by atoms with Gasteiger partial charge >= 0.3 is 5.97 Å². The third kappa shape index (κ3) is 2.57. The second-order valence-electron chi connectivity index (χ2n) is 6.56. The summed E-state index contributed by atoms with van der Waals surface area (Å²) in [5.74, 6) is 0.0235. The van der Waals surface area contributed by atoms with Crippen LogP contribution in [0.5, 0.6) is 0 Å². The molecule has 0 aromatic heterocycles. The fourth-order valence-electron chi connectivity index (χ4n) is 2.26. The molecule has 1 saturated carbocycles. The van der Waals surface area contributed by atoms with Gasteiger partial charge in [0, 0.05) is 0 Å². The minimum atomic E-state index is -0.0347. The van der Waals surface area contributed by atoms with Crippen LogP contribution in [0, 0.1) is 11.3 Å². The molecule has 2 rings (SSSR count). The van der Waals surface area contributed by atoms with Gasteiger partial charge in [-0.25, -0.2) is 0 Å². The molecule has 1 saturated heterocycles. The van der Waals surface area contributed by atoms with Gasteiger partial charge in [-0.2, -0.15) is 0 Å². The van der Waals surface area contributed by atoms with Crippen LogP contribution >= 0.6 is 0 Å². The van der Waals surface area contributed by atoms with Gasteiger partial charge < -0.3 is 9.47 Å². The Morgan fingerprint density at radius 2 is 2.19 bits per heavy atom. The van der Waals surface area contributed by atoms with Crippen LogP contribution in [0.1, 0.15) is 47.0 Å². The second kappa shape index (κ2) is 3.73. The highest BCUT2D eigenvalue weighted by Crippen LogP contribution is 2.49. The Kier molecular flexibility index (Phi) is 2.77. The molecule has 16 heavy (non-hydrogen) atoms. The molecule has 3 heteroatoms. The van der Waals surface area contributed by atoms with Gasteiger partial charge in [-0.05, 0) is 31.6 Å². The van der Waals surface area contributed by atoms with Crippen LogP contribution in [0.25, 0.3) is 0 Å². The molecular weight excluding hydrogens is 204 g/mol. The first-order chi connectivity index (χ1) is 7.30. The van der Waals surface area contributed by atoms with E-state index in [9.17, 15) is 4.79 Å². The summed E-state index contributed by atoms with van der Waals surface area (Å²) < 4.78 is 10.9. The number of esters is 1. The molecule has 1 aliphatic carbocycles. The van der Waals surface area contributed by atoms with Crippen LogP contribution in [0.15, 0.2) is 0 Å². The summed E-state index contributed by atoms with van der Waals surface area (Å²) in [6.07, 6.45) is 3.05. The van der Waals surface area contributed by atoms with Crippen molar-refractivity contribution >= 4 is 5.97 Å². The van der Waals surface area contributed by atoms with Crippen LogP contribution in [-0.2, 0) is 14.3 Å². The van der Waals surface area contributed by atoms with E-state index in [1.807, 2.05) is 0 Å². The number of ether oxygens (including phenoxy) is 2. The predicted octanol–water partition coefficient (Wildman–Crippen LogP) is 2.53. The standard InChI is InChI=1S/C13H22O3/c1-12(2,3)8-15-11(14)9-5-6-13(4)10(7-9)16-13/h9-10H,5-8H2,1-4H3. The maximum atomic E-state index is 11.8. The van der Waals surface area contributed by atoms with E-state index in [-0.39, 0.29) is 22.9 Å². The smallest absolute Gasteiger partial charge is 0.309 e. The first kappa shape index (κ1) is 11.9. The summed E-state index contributed by atoms with van der Waals surface area (Å²) in [5, 5.41) is 0. The van der Waals surface area contributed by atoms with Crippen LogP contribution in [-0.4, -0.2) is 24.3 Å². The number of epoxide rings is 1. The van der Waals surface area contributed by atoms with E-state index in [0.29, 0.717) is 12.7 Å². The maximum absolute atomic E-state index is 11.8. The molecule has 0 amide bonds. The van der Waals surface area contributed by atoms with E-state index in [1.54, 1.807) is 0 Å². The number of carbonyl (C=O) groups is 1. The average molecular weight is 226 g/mol. The highest BCUT2D eigenvalue weighted by atomic mass is 16.6. The van der Waals surface area contributed by atoms with Gasteiger partial charge in [0.1, 0.15) is 0 Å². The molecule has 0 spiro atoms. The van der Waals surface area contributed by atoms with Crippen LogP contribution in [0.4, 0.5) is 0 Å². The molecule has 0 N–H and O–H groups in total. The average Bonchev–Trinajstić information content (AvgIpc) is 2.83. The fourth-order valence-corrected chi connectivity index (χ4v) is 2.26. The summed E-state index contributed by atoms with van der Waals surface area (Å²) >= 11 is 0. The SMILES string of the molecule is CC(C)(C)COC(=O)C1CCC2(C)OC2C1. The summed E-state index contributed by atoms with van der Waals surface area (Å²) in [6.45, 7) is 8.85. The van der Waals surface area contributed by atoms with Crippen molar-refractivity contribution in [2.24, 2.45) is 11.3 Å². The van der Waals surface area contributed by atoms with E-state index in [0.717, 1.165) is 19.3 Å². The maximum Gasteiger partial charge on any atom is 0.309 e. The molecule has 0 radical (unpaired) electrons. The van der Waals surface area contributed by atoms with E-state index in [4.69, 9.17) is 9.47 Å². The number of rotatable bonds is 2. The first-order valence-corrected chi connectivity index (χ1v) is 6.15. The monoisotopic (exact) mass is 226 g/mol. The summed E-state index contributed by atoms with van der Waals surface area (Å²) in [6, 6.07) is 0. The predicted molar refractivity (Wildman–Crippen MR) is 61.0 cm³/mol. The van der Waals surface area contributed by atoms with Crippen LogP contribution in [0.3, 0.4) is 0 Å². The van der Waals surface area contributed by atoms with Crippen LogP contribution < -0.4 is 0 Å². The van der Waals surface area contributed by atoms with Gasteiger partial charge in [-0.1, -0.05) is 20.8 Å². The normalized spacial score (nSPS) is 37.8. The van der Waals surface area contributed by atoms with E-state index in [1.165, 1.54) is 0 Å². The molecule has 3 unspecified atom stereocenters. The third-order valence-electron chi connectivity index (χ3n) is 3.50. The third-order valence-corrected chi connectivity index (χ3v) is 3.50. The second-order valence-corrected chi connectivity index (χ2v) is 6.56. The highest BCUT2D eigenvalue weighted by Gasteiger charge is 2.56. The molecule has 92 valence electrons. The molecule has 1 aliphatic heterocycles. The molecule has 0 bridgehead atoms. The Morgan fingerprint density at radius 1 is 1.50 bits per heavy atom. The van der Waals surface area contributed by atoms with E-state index < -0.39 is 0 Å². The topological polar surface area (TPSA) is 38.8 Å². The van der Waals surface area contributed by atoms with Crippen LogP contribution in [0.2, 0.25) is 0 Å². The lowest BCUT2D eigenvalue weighted by atomic mass is 9.83. The fraction of sp³-hybridized carbons (Fsp3) is 0.923. The Hall–Kier alpha value is -0.570. The number of fused-ring (bicyclic) bond motifs is 1. The Morgan fingerprint density at radius 3 is 2.75 bits per heavy atom. The largest absolute Gasteiger partial charge is 0.465 e. The zero-order chi connectivity index (χ0) is 12.0. The number of carbonyl (C=O) groups excluding carboxylic acids is 1. The Labute approximate surface area is 97.5 Å². The van der Waals surface area contributed by atoms with Crippen molar-refractivity contribution in [3.8, 4) is 0 Å². The molecular formula is C13H22O3. The lowest BCUT2D eigenvalue weighted by Crippen LogP contribution is -2.29. The van der Waals surface area contributed by atoms with Crippen molar-refractivity contribution in [2.75, 3.05) is 6.61 Å². The quantitative estimate of drug-likeness (QED) is 0.536. The van der Waals surface area contributed by atoms with E-state index >= 15 is 0 Å². The molecule has 1 heterocycles. The Balaban J connectivity index is 1.78. The summed E-state index contributed by atoms with van der Waals surface area (Å²) in [4.78, 5) is 11.8. The zero-order valence-corrected chi connectivity index (χ0v) is 10.7. The van der Waals surface area contributed by atoms with Crippen molar-refractivity contribution < 1.29 is 14.3 Å². The highest BCUT2D eigenvalue weighted by molar-refractivity contribution is 5.72. The Bertz CT molecular complexity index is 292. The van der Waals surface area contributed by atoms with Gasteiger partial charge in [0.05, 0.1) is 24.2 Å². The van der Waals surface area contributed by atoms with Gasteiger partial charge in [-0.3, -0.25) is 4.79 Å². The van der Waals surface area contributed by atoms with Crippen molar-refractivity contribution in [3.05, 3.63) is 0 Å². The van der Waals surface area contributed by atoms with Gasteiger partial charge in [0.15, 0.2) is 0 Å². The van der Waals surface area contributed by atoms with Gasteiger partial charge in [-0.15, -0.1) is 0 Å².